The van der Waals surface area contributed by atoms with Crippen LogP contribution < -0.4 is 10.6 Å². The van der Waals surface area contributed by atoms with E-state index in [2.05, 4.69) is 15.6 Å². The summed E-state index contributed by atoms with van der Waals surface area (Å²) >= 11 is 0. The molecule has 2 amide bonds. The second-order valence-corrected chi connectivity index (χ2v) is 8.71. The third-order valence-electron chi connectivity index (χ3n) is 6.34. The van der Waals surface area contributed by atoms with Gasteiger partial charge in [0.15, 0.2) is 0 Å². The Labute approximate surface area is 153 Å². The van der Waals surface area contributed by atoms with Crippen LogP contribution in [0.3, 0.4) is 0 Å². The number of carbonyl (C=O) groups is 2. The fourth-order valence-electron chi connectivity index (χ4n) is 5.99. The van der Waals surface area contributed by atoms with Crippen molar-refractivity contribution in [3.05, 3.63) is 30.1 Å². The highest BCUT2D eigenvalue weighted by Gasteiger charge is 2.57. The van der Waals surface area contributed by atoms with Crippen molar-refractivity contribution in [2.24, 2.45) is 17.3 Å². The first kappa shape index (κ1) is 17.5. The van der Waals surface area contributed by atoms with Crippen molar-refractivity contribution >= 4 is 11.8 Å². The molecule has 3 N–H and O–H groups in total. The fraction of sp³-hybridized carbons (Fsp3) is 0.650. The predicted molar refractivity (Wildman–Crippen MR) is 96.3 cm³/mol. The largest absolute Gasteiger partial charge is 0.390 e. The van der Waals surface area contributed by atoms with Crippen molar-refractivity contribution in [1.29, 1.82) is 0 Å². The van der Waals surface area contributed by atoms with Crippen LogP contribution in [0.4, 0.5) is 0 Å². The van der Waals surface area contributed by atoms with E-state index in [9.17, 15) is 14.7 Å². The lowest BCUT2D eigenvalue weighted by Crippen LogP contribution is -2.56. The Kier molecular flexibility index (Phi) is 4.47. The van der Waals surface area contributed by atoms with Gasteiger partial charge in [-0.3, -0.25) is 14.6 Å². The second kappa shape index (κ2) is 6.65. The van der Waals surface area contributed by atoms with Crippen LogP contribution in [0.1, 0.15) is 55.3 Å². The maximum absolute atomic E-state index is 12.4. The van der Waals surface area contributed by atoms with Gasteiger partial charge in [0.2, 0.25) is 5.91 Å². The minimum absolute atomic E-state index is 0.0120. The van der Waals surface area contributed by atoms with Crippen molar-refractivity contribution in [3.63, 3.8) is 0 Å². The van der Waals surface area contributed by atoms with Crippen molar-refractivity contribution in [3.8, 4) is 0 Å². The number of hydrogen-bond donors (Lipinski definition) is 3. The van der Waals surface area contributed by atoms with Crippen molar-refractivity contribution in [2.75, 3.05) is 13.1 Å². The highest BCUT2D eigenvalue weighted by Crippen LogP contribution is 2.62. The van der Waals surface area contributed by atoms with Crippen LogP contribution in [-0.4, -0.2) is 40.6 Å². The molecule has 0 aromatic carbocycles. The summed E-state index contributed by atoms with van der Waals surface area (Å²) in [6.45, 7) is 0.805. The summed E-state index contributed by atoms with van der Waals surface area (Å²) in [6.07, 6.45) is 9.65. The van der Waals surface area contributed by atoms with Crippen molar-refractivity contribution in [1.82, 2.24) is 15.6 Å². The fourth-order valence-corrected chi connectivity index (χ4v) is 5.99. The number of rotatable bonds is 6. The average molecular weight is 357 g/mol. The van der Waals surface area contributed by atoms with E-state index >= 15 is 0 Å². The molecule has 4 aliphatic rings. The Bertz CT molecular complexity index is 677. The molecule has 0 radical (unpaired) electrons. The summed E-state index contributed by atoms with van der Waals surface area (Å²) in [7, 11) is 0. The third-order valence-corrected chi connectivity index (χ3v) is 6.34. The van der Waals surface area contributed by atoms with E-state index in [1.165, 1.54) is 12.6 Å². The van der Waals surface area contributed by atoms with Crippen LogP contribution >= 0.6 is 0 Å². The van der Waals surface area contributed by atoms with E-state index in [0.717, 1.165) is 32.1 Å². The minimum Gasteiger partial charge on any atom is -0.390 e. The zero-order valence-corrected chi connectivity index (χ0v) is 15.0. The van der Waals surface area contributed by atoms with Crippen LogP contribution in [-0.2, 0) is 4.79 Å². The summed E-state index contributed by atoms with van der Waals surface area (Å²) in [5.74, 6) is 1.03. The summed E-state index contributed by atoms with van der Waals surface area (Å²) in [4.78, 5) is 28.3. The van der Waals surface area contributed by atoms with E-state index in [1.54, 1.807) is 18.3 Å². The molecule has 6 heteroatoms. The number of amides is 2. The molecule has 0 unspecified atom stereocenters. The second-order valence-electron chi connectivity index (χ2n) is 8.71. The molecule has 1 aromatic heterocycles. The number of aromatic nitrogens is 1. The Morgan fingerprint density at radius 3 is 2.54 bits per heavy atom. The van der Waals surface area contributed by atoms with Crippen molar-refractivity contribution in [2.45, 2.75) is 50.5 Å². The highest BCUT2D eigenvalue weighted by atomic mass is 16.3. The zero-order chi connectivity index (χ0) is 18.2. The molecule has 4 bridgehead atoms. The zero-order valence-electron chi connectivity index (χ0n) is 15.0. The molecule has 4 saturated carbocycles. The van der Waals surface area contributed by atoms with Gasteiger partial charge in [0.1, 0.15) is 0 Å². The summed E-state index contributed by atoms with van der Waals surface area (Å²) in [6, 6.07) is 3.43. The lowest BCUT2D eigenvalue weighted by Gasteiger charge is -2.60. The number of pyridine rings is 1. The van der Waals surface area contributed by atoms with Crippen LogP contribution in [0.5, 0.6) is 0 Å². The van der Waals surface area contributed by atoms with Crippen LogP contribution in [0, 0.1) is 17.3 Å². The monoisotopic (exact) mass is 357 g/mol. The first-order valence-corrected chi connectivity index (χ1v) is 9.63. The van der Waals surface area contributed by atoms with E-state index in [0.29, 0.717) is 36.9 Å². The number of aliphatic hydroxyl groups is 1. The molecular weight excluding hydrogens is 330 g/mol. The van der Waals surface area contributed by atoms with Crippen LogP contribution in [0.2, 0.25) is 0 Å². The first-order valence-electron chi connectivity index (χ1n) is 9.63. The molecule has 0 saturated heterocycles. The van der Waals surface area contributed by atoms with Crippen LogP contribution in [0.15, 0.2) is 24.5 Å². The SMILES string of the molecule is O=C(CC12C[C@H]3C[C@@H](CC(O)(C3)C1)C2)NCCNC(=O)c1cccnc1. The number of nitrogens with zero attached hydrogens (tertiary/aromatic N) is 1. The van der Waals surface area contributed by atoms with E-state index in [4.69, 9.17) is 0 Å². The lowest BCUT2D eigenvalue weighted by atomic mass is 9.47. The van der Waals surface area contributed by atoms with Gasteiger partial charge in [0.05, 0.1) is 11.2 Å². The van der Waals surface area contributed by atoms with Gasteiger partial charge in [0, 0.05) is 31.9 Å². The average Bonchev–Trinajstić information content (AvgIpc) is 2.56. The smallest absolute Gasteiger partial charge is 0.252 e. The quantitative estimate of drug-likeness (QED) is 0.675. The molecule has 0 spiro atoms. The molecule has 6 nitrogen and oxygen atoms in total. The Morgan fingerprint density at radius 1 is 1.15 bits per heavy atom. The third kappa shape index (κ3) is 3.61. The predicted octanol–water partition coefficient (Wildman–Crippen LogP) is 1.65. The first-order chi connectivity index (χ1) is 12.5. The highest BCUT2D eigenvalue weighted by molar-refractivity contribution is 5.93. The van der Waals surface area contributed by atoms with Gasteiger partial charge < -0.3 is 15.7 Å². The van der Waals surface area contributed by atoms with Crippen molar-refractivity contribution < 1.29 is 14.7 Å². The molecule has 0 aliphatic heterocycles. The standard InChI is InChI=1S/C20H27N3O3/c24-17(22-4-5-23-18(25)16-2-1-3-21-12-16)11-19-7-14-6-15(8-19)10-20(26,9-14)13-19/h1-3,12,14-15,26H,4-11,13H2,(H,22,24)(H,23,25)/t14-,15-,19?,20?/m1/s1. The normalized spacial score (nSPS) is 34.5. The molecule has 1 aromatic rings. The Balaban J connectivity index is 1.23. The number of nitrogens with one attached hydrogen (secondary N) is 2. The summed E-state index contributed by atoms with van der Waals surface area (Å²) < 4.78 is 0. The summed E-state index contributed by atoms with van der Waals surface area (Å²) in [5.41, 5.74) is -0.0233. The molecule has 26 heavy (non-hydrogen) atoms. The molecule has 140 valence electrons. The van der Waals surface area contributed by atoms with Gasteiger partial charge in [0.25, 0.3) is 5.91 Å². The number of hydrogen-bond acceptors (Lipinski definition) is 4. The molecule has 5 rings (SSSR count). The van der Waals surface area contributed by atoms with Gasteiger partial charge in [-0.15, -0.1) is 0 Å². The van der Waals surface area contributed by atoms with Gasteiger partial charge in [-0.2, -0.15) is 0 Å². The molecule has 2 atom stereocenters. The van der Waals surface area contributed by atoms with E-state index in [1.807, 2.05) is 0 Å². The molecule has 1 heterocycles. The van der Waals surface area contributed by atoms with Gasteiger partial charge in [-0.05, 0) is 67.9 Å². The van der Waals surface area contributed by atoms with E-state index in [-0.39, 0.29) is 17.2 Å². The Morgan fingerprint density at radius 2 is 1.88 bits per heavy atom. The molecular formula is C20H27N3O3. The van der Waals surface area contributed by atoms with Crippen LogP contribution in [0.25, 0.3) is 0 Å². The van der Waals surface area contributed by atoms with E-state index < -0.39 is 5.60 Å². The summed E-state index contributed by atoms with van der Waals surface area (Å²) in [5, 5.41) is 16.5. The number of carbonyl (C=O) groups excluding carboxylic acids is 2. The maximum Gasteiger partial charge on any atom is 0.252 e. The minimum atomic E-state index is -0.526. The topological polar surface area (TPSA) is 91.3 Å². The molecule has 4 aliphatic carbocycles. The maximum atomic E-state index is 12.4. The van der Waals surface area contributed by atoms with Gasteiger partial charge in [-0.1, -0.05) is 0 Å². The Hall–Kier alpha value is -1.95. The van der Waals surface area contributed by atoms with Gasteiger partial charge >= 0.3 is 0 Å². The molecule has 4 fully saturated rings. The lowest BCUT2D eigenvalue weighted by molar-refractivity contribution is -0.169. The van der Waals surface area contributed by atoms with Gasteiger partial charge in [-0.25, -0.2) is 0 Å².